The number of nitrogens with zero attached hydrogens (tertiary/aromatic N) is 1. The fourth-order valence-corrected chi connectivity index (χ4v) is 4.14. The molecule has 1 saturated heterocycles. The van der Waals surface area contributed by atoms with Crippen molar-refractivity contribution in [2.75, 3.05) is 6.61 Å². The Balaban J connectivity index is 1.63. The van der Waals surface area contributed by atoms with Crippen LogP contribution in [0.4, 0.5) is 0 Å². The Morgan fingerprint density at radius 1 is 1.16 bits per heavy atom. The second-order valence-electron chi connectivity index (χ2n) is 4.77. The van der Waals surface area contributed by atoms with Crippen LogP contribution in [0.15, 0.2) is 48.5 Å². The van der Waals surface area contributed by atoms with E-state index in [1.807, 2.05) is 43.3 Å². The van der Waals surface area contributed by atoms with Gasteiger partial charge in [0.1, 0.15) is 0 Å². The SMILES string of the molecule is Cc1cccc([CH2][Al]2[O]CC(c3ccccc3)[O]2)n1. The maximum Gasteiger partial charge on any atom is 0.681 e. The van der Waals surface area contributed by atoms with E-state index in [4.69, 9.17) is 7.58 Å². The highest BCUT2D eigenvalue weighted by Crippen LogP contribution is 2.25. The van der Waals surface area contributed by atoms with Gasteiger partial charge >= 0.3 is 14.8 Å². The number of benzene rings is 1. The highest BCUT2D eigenvalue weighted by molar-refractivity contribution is 6.44. The van der Waals surface area contributed by atoms with Gasteiger partial charge in [0.25, 0.3) is 0 Å². The average molecular weight is 269 g/mol. The second kappa shape index (κ2) is 5.85. The van der Waals surface area contributed by atoms with Crippen molar-refractivity contribution in [3.63, 3.8) is 0 Å². The monoisotopic (exact) mass is 269 g/mol. The molecule has 1 aromatic carbocycles. The molecule has 19 heavy (non-hydrogen) atoms. The van der Waals surface area contributed by atoms with Crippen molar-refractivity contribution < 1.29 is 7.58 Å². The van der Waals surface area contributed by atoms with Gasteiger partial charge in [0, 0.05) is 23.3 Å². The lowest BCUT2D eigenvalue weighted by atomic mass is 10.1. The first kappa shape index (κ1) is 12.8. The van der Waals surface area contributed by atoms with Gasteiger partial charge < -0.3 is 7.58 Å². The lowest BCUT2D eigenvalue weighted by molar-refractivity contribution is 0.239. The first-order chi connectivity index (χ1) is 9.31. The Labute approximate surface area is 118 Å². The number of rotatable bonds is 3. The molecule has 1 atom stereocenters. The van der Waals surface area contributed by atoms with Crippen LogP contribution in [0.25, 0.3) is 0 Å². The Hall–Kier alpha value is -1.18. The van der Waals surface area contributed by atoms with Crippen LogP contribution in [0.1, 0.15) is 23.1 Å². The molecule has 96 valence electrons. The molecule has 0 N–H and O–H groups in total. The maximum atomic E-state index is 6.07. The van der Waals surface area contributed by atoms with Crippen LogP contribution in [-0.4, -0.2) is 26.4 Å². The van der Waals surface area contributed by atoms with Gasteiger partial charge in [0.2, 0.25) is 0 Å². The lowest BCUT2D eigenvalue weighted by Gasteiger charge is -2.10. The largest absolute Gasteiger partial charge is 0.681 e. The van der Waals surface area contributed by atoms with Gasteiger partial charge in [0.05, 0.1) is 6.10 Å². The van der Waals surface area contributed by atoms with Gasteiger partial charge in [-0.2, -0.15) is 0 Å². The van der Waals surface area contributed by atoms with E-state index in [1.165, 1.54) is 5.56 Å². The number of aryl methyl sites for hydroxylation is 1. The molecule has 4 heteroatoms. The number of hydrogen-bond acceptors (Lipinski definition) is 3. The number of pyridine rings is 1. The molecule has 2 heterocycles. The Morgan fingerprint density at radius 2 is 2.00 bits per heavy atom. The molecule has 1 unspecified atom stereocenters. The van der Waals surface area contributed by atoms with Crippen LogP contribution in [0, 0.1) is 6.92 Å². The molecule has 1 aromatic heterocycles. The van der Waals surface area contributed by atoms with Crippen molar-refractivity contribution in [1.29, 1.82) is 0 Å². The van der Waals surface area contributed by atoms with Crippen molar-refractivity contribution in [3.8, 4) is 0 Å². The predicted molar refractivity (Wildman–Crippen MR) is 74.7 cm³/mol. The molecular weight excluding hydrogens is 253 g/mol. The molecule has 2 aromatic rings. The third-order valence-corrected chi connectivity index (χ3v) is 5.19. The zero-order chi connectivity index (χ0) is 13.1. The van der Waals surface area contributed by atoms with Crippen LogP contribution >= 0.6 is 0 Å². The summed E-state index contributed by atoms with van der Waals surface area (Å²) < 4.78 is 11.9. The first-order valence-corrected chi connectivity index (χ1v) is 8.32. The molecule has 0 bridgehead atoms. The predicted octanol–water partition coefficient (Wildman–Crippen LogP) is 2.75. The summed E-state index contributed by atoms with van der Waals surface area (Å²) in [7, 11) is 0. The molecule has 0 radical (unpaired) electrons. The van der Waals surface area contributed by atoms with Crippen LogP contribution < -0.4 is 0 Å². The Bertz CT molecular complexity index is 547. The fraction of sp³-hybridized carbons (Fsp3) is 0.267. The smallest absolute Gasteiger partial charge is 0.476 e. The summed E-state index contributed by atoms with van der Waals surface area (Å²) in [5.41, 5.74) is 3.32. The van der Waals surface area contributed by atoms with E-state index in [1.54, 1.807) is 0 Å². The molecule has 1 aliphatic rings. The van der Waals surface area contributed by atoms with Gasteiger partial charge in [-0.15, -0.1) is 0 Å². The highest BCUT2D eigenvalue weighted by Gasteiger charge is 2.36. The topological polar surface area (TPSA) is 31.4 Å². The van der Waals surface area contributed by atoms with Crippen molar-refractivity contribution in [3.05, 3.63) is 65.5 Å². The summed E-state index contributed by atoms with van der Waals surface area (Å²) in [4.78, 5) is 4.51. The summed E-state index contributed by atoms with van der Waals surface area (Å²) >= 11 is -1.62. The number of hydrogen-bond donors (Lipinski definition) is 0. The highest BCUT2D eigenvalue weighted by atomic mass is 27.2. The summed E-state index contributed by atoms with van der Waals surface area (Å²) in [6, 6.07) is 16.4. The zero-order valence-electron chi connectivity index (χ0n) is 11.0. The minimum absolute atomic E-state index is 0.0997. The van der Waals surface area contributed by atoms with Crippen LogP contribution in [-0.2, 0) is 12.9 Å². The van der Waals surface area contributed by atoms with Crippen molar-refractivity contribution in [2.45, 2.75) is 18.3 Å². The van der Waals surface area contributed by atoms with E-state index < -0.39 is 14.8 Å². The Kier molecular flexibility index (Phi) is 3.95. The van der Waals surface area contributed by atoms with Crippen molar-refractivity contribution in [2.24, 2.45) is 0 Å². The zero-order valence-corrected chi connectivity index (χ0v) is 12.1. The van der Waals surface area contributed by atoms with E-state index in [2.05, 4.69) is 17.1 Å². The summed E-state index contributed by atoms with van der Waals surface area (Å²) in [5.74, 6) is 0. The van der Waals surface area contributed by atoms with E-state index in [9.17, 15) is 0 Å². The van der Waals surface area contributed by atoms with Crippen molar-refractivity contribution >= 4 is 14.8 Å². The van der Waals surface area contributed by atoms with Gasteiger partial charge in [-0.25, -0.2) is 0 Å². The normalized spacial score (nSPS) is 18.8. The molecule has 0 saturated carbocycles. The van der Waals surface area contributed by atoms with Gasteiger partial charge in [-0.05, 0) is 24.6 Å². The first-order valence-electron chi connectivity index (χ1n) is 6.56. The molecule has 0 aliphatic carbocycles. The third-order valence-electron chi connectivity index (χ3n) is 3.24. The standard InChI is InChI=1S/C8H8O2.C7H8N.Al/c9-6-8(10)7-4-2-1-3-5-7;1-6-4-3-5-7(2)8-6;/h1-5,8H,6H2;3-5H,1H2,2H3;/q-2;;+2. The minimum Gasteiger partial charge on any atom is -0.476 e. The molecule has 0 spiro atoms. The summed E-state index contributed by atoms with van der Waals surface area (Å²) in [6.07, 6.45) is 0.0997. The molecule has 0 amide bonds. The maximum absolute atomic E-state index is 6.07. The molecular formula is C15H16AlNO2. The van der Waals surface area contributed by atoms with Crippen LogP contribution in [0.3, 0.4) is 0 Å². The van der Waals surface area contributed by atoms with E-state index >= 15 is 0 Å². The van der Waals surface area contributed by atoms with Gasteiger partial charge in [0.15, 0.2) is 0 Å². The Morgan fingerprint density at radius 3 is 2.79 bits per heavy atom. The molecule has 3 rings (SSSR count). The lowest BCUT2D eigenvalue weighted by Crippen LogP contribution is -2.19. The molecule has 3 nitrogen and oxygen atoms in total. The quantitative estimate of drug-likeness (QED) is 0.803. The summed E-state index contributed by atoms with van der Waals surface area (Å²) in [5, 5.41) is 0.838. The van der Waals surface area contributed by atoms with Gasteiger partial charge in [-0.1, -0.05) is 36.4 Å². The second-order valence-corrected chi connectivity index (χ2v) is 6.65. The van der Waals surface area contributed by atoms with E-state index in [-0.39, 0.29) is 6.10 Å². The minimum atomic E-state index is -1.62. The van der Waals surface area contributed by atoms with E-state index in [0.717, 1.165) is 16.7 Å². The van der Waals surface area contributed by atoms with Crippen LogP contribution in [0.2, 0.25) is 0 Å². The molecule has 1 aliphatic heterocycles. The van der Waals surface area contributed by atoms with Gasteiger partial charge in [-0.3, -0.25) is 4.98 Å². The molecule has 1 fully saturated rings. The third kappa shape index (κ3) is 3.23. The summed E-state index contributed by atoms with van der Waals surface area (Å²) in [6.45, 7) is 2.68. The van der Waals surface area contributed by atoms with Crippen molar-refractivity contribution in [1.82, 2.24) is 4.98 Å². The van der Waals surface area contributed by atoms with Crippen LogP contribution in [0.5, 0.6) is 0 Å². The fourth-order valence-electron chi connectivity index (χ4n) is 2.29. The number of aromatic nitrogens is 1. The van der Waals surface area contributed by atoms with E-state index in [0.29, 0.717) is 6.61 Å². The average Bonchev–Trinajstić information content (AvgIpc) is 2.88.